The van der Waals surface area contributed by atoms with Gasteiger partial charge in [-0.1, -0.05) is 13.8 Å². The maximum atomic E-state index is 12.2. The summed E-state index contributed by atoms with van der Waals surface area (Å²) in [6.07, 6.45) is 0.919. The van der Waals surface area contributed by atoms with Gasteiger partial charge in [0.1, 0.15) is 0 Å². The number of carbonyl (C=O) groups is 2. The van der Waals surface area contributed by atoms with Crippen molar-refractivity contribution < 1.29 is 23.8 Å². The quantitative estimate of drug-likeness (QED) is 0.408. The highest BCUT2D eigenvalue weighted by Crippen LogP contribution is 2.28. The van der Waals surface area contributed by atoms with Crippen LogP contribution in [0.1, 0.15) is 30.6 Å². The van der Waals surface area contributed by atoms with Gasteiger partial charge in [-0.25, -0.2) is 4.79 Å². The van der Waals surface area contributed by atoms with E-state index in [1.165, 1.54) is 7.11 Å². The zero-order chi connectivity index (χ0) is 20.5. The van der Waals surface area contributed by atoms with Crippen LogP contribution < -0.4 is 14.8 Å². The van der Waals surface area contributed by atoms with Gasteiger partial charge in [-0.3, -0.25) is 4.79 Å². The van der Waals surface area contributed by atoms with Crippen molar-refractivity contribution in [2.75, 3.05) is 25.6 Å². The van der Waals surface area contributed by atoms with E-state index >= 15 is 0 Å². The lowest BCUT2D eigenvalue weighted by Gasteiger charge is -2.13. The maximum absolute atomic E-state index is 12.2. The first kappa shape index (κ1) is 22.0. The average molecular weight is 497 g/mol. The number of esters is 1. The van der Waals surface area contributed by atoms with Gasteiger partial charge in [0.15, 0.2) is 18.1 Å². The minimum absolute atomic E-state index is 0.287. The average Bonchev–Trinajstić information content (AvgIpc) is 2.67. The van der Waals surface area contributed by atoms with Gasteiger partial charge in [0, 0.05) is 9.26 Å². The third-order valence-corrected chi connectivity index (χ3v) is 4.53. The van der Waals surface area contributed by atoms with Crippen LogP contribution in [0.4, 0.5) is 5.69 Å². The summed E-state index contributed by atoms with van der Waals surface area (Å²) in [7, 11) is 1.51. The second-order valence-electron chi connectivity index (χ2n) is 6.53. The smallest absolute Gasteiger partial charge is 0.338 e. The number of nitrogens with one attached hydrogen (secondary N) is 1. The van der Waals surface area contributed by atoms with Gasteiger partial charge in [-0.2, -0.15) is 0 Å². The van der Waals surface area contributed by atoms with E-state index < -0.39 is 11.9 Å². The molecular formula is C21H24INO5. The lowest BCUT2D eigenvalue weighted by Crippen LogP contribution is -2.21. The molecule has 0 saturated carbocycles. The molecule has 0 aliphatic heterocycles. The number of hydrogen-bond donors (Lipinski definition) is 1. The highest BCUT2D eigenvalue weighted by molar-refractivity contribution is 14.1. The fraction of sp³-hybridized carbons (Fsp3) is 0.333. The van der Waals surface area contributed by atoms with Crippen LogP contribution in [0.2, 0.25) is 0 Å². The largest absolute Gasteiger partial charge is 0.493 e. The molecule has 0 bridgehead atoms. The monoisotopic (exact) mass is 497 g/mol. The Morgan fingerprint density at radius 2 is 1.79 bits per heavy atom. The van der Waals surface area contributed by atoms with Crippen molar-refractivity contribution in [2.24, 2.45) is 5.92 Å². The van der Waals surface area contributed by atoms with Gasteiger partial charge in [-0.15, -0.1) is 0 Å². The molecule has 7 heteroatoms. The van der Waals surface area contributed by atoms with Crippen molar-refractivity contribution in [1.82, 2.24) is 0 Å². The fourth-order valence-corrected chi connectivity index (χ4v) is 2.62. The van der Waals surface area contributed by atoms with E-state index in [1.54, 1.807) is 30.3 Å². The van der Waals surface area contributed by atoms with Gasteiger partial charge < -0.3 is 19.5 Å². The molecule has 0 atom stereocenters. The zero-order valence-corrected chi connectivity index (χ0v) is 18.3. The van der Waals surface area contributed by atoms with Crippen molar-refractivity contribution in [2.45, 2.75) is 20.3 Å². The van der Waals surface area contributed by atoms with Crippen LogP contribution >= 0.6 is 22.6 Å². The second kappa shape index (κ2) is 10.9. The number of hydrogen-bond acceptors (Lipinski definition) is 5. The first-order chi connectivity index (χ1) is 13.4. The summed E-state index contributed by atoms with van der Waals surface area (Å²) in [6, 6.07) is 12.1. The van der Waals surface area contributed by atoms with Gasteiger partial charge in [0.2, 0.25) is 0 Å². The molecule has 150 valence electrons. The minimum atomic E-state index is -0.607. The van der Waals surface area contributed by atoms with Crippen LogP contribution in [0.5, 0.6) is 11.5 Å². The van der Waals surface area contributed by atoms with Gasteiger partial charge in [-0.05, 0) is 77.4 Å². The van der Waals surface area contributed by atoms with Crippen molar-refractivity contribution in [3.05, 3.63) is 51.6 Å². The van der Waals surface area contributed by atoms with E-state index in [0.717, 1.165) is 9.99 Å². The van der Waals surface area contributed by atoms with Crippen LogP contribution in [-0.4, -0.2) is 32.2 Å². The Morgan fingerprint density at radius 3 is 2.43 bits per heavy atom. The van der Waals surface area contributed by atoms with Crippen LogP contribution in [0.25, 0.3) is 0 Å². The predicted molar refractivity (Wildman–Crippen MR) is 116 cm³/mol. The number of anilines is 1. The molecule has 2 rings (SSSR count). The molecule has 0 spiro atoms. The molecule has 1 N–H and O–H groups in total. The Kier molecular flexibility index (Phi) is 8.56. The topological polar surface area (TPSA) is 73.9 Å². The van der Waals surface area contributed by atoms with Crippen LogP contribution in [0.3, 0.4) is 0 Å². The summed E-state index contributed by atoms with van der Waals surface area (Å²) in [5, 5.41) is 2.68. The maximum Gasteiger partial charge on any atom is 0.338 e. The molecule has 0 aliphatic carbocycles. The molecule has 2 aromatic rings. The van der Waals surface area contributed by atoms with E-state index in [4.69, 9.17) is 14.2 Å². The Bertz CT molecular complexity index is 805. The van der Waals surface area contributed by atoms with Crippen LogP contribution in [0, 0.1) is 9.49 Å². The molecule has 0 aromatic heterocycles. The molecule has 0 radical (unpaired) electrons. The summed E-state index contributed by atoms with van der Waals surface area (Å²) < 4.78 is 17.2. The number of ether oxygens (including phenoxy) is 3. The van der Waals surface area contributed by atoms with E-state index in [9.17, 15) is 9.59 Å². The Morgan fingerprint density at radius 1 is 1.07 bits per heavy atom. The van der Waals surface area contributed by atoms with Crippen molar-refractivity contribution >= 4 is 40.2 Å². The zero-order valence-electron chi connectivity index (χ0n) is 16.2. The normalized spacial score (nSPS) is 10.5. The summed E-state index contributed by atoms with van der Waals surface area (Å²) in [6.45, 7) is 4.43. The lowest BCUT2D eigenvalue weighted by molar-refractivity contribution is -0.119. The number of halogens is 1. The number of amides is 1. The third kappa shape index (κ3) is 7.03. The molecule has 0 saturated heterocycles. The number of carbonyl (C=O) groups excluding carboxylic acids is 2. The standard InChI is InChI=1S/C21H24INO5/c1-14(2)10-11-27-18-9-4-15(12-19(18)26-3)21(25)28-13-20(24)23-17-7-5-16(22)6-8-17/h4-9,12,14H,10-11,13H2,1-3H3,(H,23,24). The summed E-state index contributed by atoms with van der Waals surface area (Å²) in [4.78, 5) is 24.2. The lowest BCUT2D eigenvalue weighted by atomic mass is 10.1. The van der Waals surface area contributed by atoms with Crippen molar-refractivity contribution in [3.8, 4) is 11.5 Å². The Labute approximate surface area is 178 Å². The Balaban J connectivity index is 1.90. The van der Waals surface area contributed by atoms with E-state index in [1.807, 2.05) is 12.1 Å². The first-order valence-electron chi connectivity index (χ1n) is 8.92. The molecule has 2 aromatic carbocycles. The predicted octanol–water partition coefficient (Wildman–Crippen LogP) is 4.52. The van der Waals surface area contributed by atoms with Gasteiger partial charge >= 0.3 is 5.97 Å². The summed E-state index contributed by atoms with van der Waals surface area (Å²) in [5.41, 5.74) is 0.932. The highest BCUT2D eigenvalue weighted by Gasteiger charge is 2.14. The highest BCUT2D eigenvalue weighted by atomic mass is 127. The molecule has 0 unspecified atom stereocenters. The van der Waals surface area contributed by atoms with Gasteiger partial charge in [0.25, 0.3) is 5.91 Å². The number of rotatable bonds is 9. The van der Waals surface area contributed by atoms with E-state index in [2.05, 4.69) is 41.8 Å². The SMILES string of the molecule is COc1cc(C(=O)OCC(=O)Nc2ccc(I)cc2)ccc1OCCC(C)C. The molecular weight excluding hydrogens is 473 g/mol. The summed E-state index contributed by atoms with van der Waals surface area (Å²) in [5.74, 6) is 0.531. The summed E-state index contributed by atoms with van der Waals surface area (Å²) >= 11 is 2.18. The minimum Gasteiger partial charge on any atom is -0.493 e. The molecule has 28 heavy (non-hydrogen) atoms. The van der Waals surface area contributed by atoms with E-state index in [0.29, 0.717) is 29.7 Å². The van der Waals surface area contributed by atoms with Crippen LogP contribution in [0.15, 0.2) is 42.5 Å². The molecule has 0 fully saturated rings. The molecule has 1 amide bonds. The van der Waals surface area contributed by atoms with Crippen LogP contribution in [-0.2, 0) is 9.53 Å². The van der Waals surface area contributed by atoms with Gasteiger partial charge in [0.05, 0.1) is 19.3 Å². The molecule has 6 nitrogen and oxygen atoms in total. The van der Waals surface area contributed by atoms with Crippen molar-refractivity contribution in [3.63, 3.8) is 0 Å². The third-order valence-electron chi connectivity index (χ3n) is 3.81. The Hall–Kier alpha value is -2.29. The second-order valence-corrected chi connectivity index (χ2v) is 7.77. The van der Waals surface area contributed by atoms with E-state index in [-0.39, 0.29) is 12.2 Å². The number of methoxy groups -OCH3 is 1. The van der Waals surface area contributed by atoms with Crippen molar-refractivity contribution in [1.29, 1.82) is 0 Å². The first-order valence-corrected chi connectivity index (χ1v) is 10.00. The molecule has 0 aliphatic rings. The number of benzene rings is 2. The fourth-order valence-electron chi connectivity index (χ4n) is 2.26. The molecule has 0 heterocycles.